The lowest BCUT2D eigenvalue weighted by molar-refractivity contribution is -0.264. The smallest absolute Gasteiger partial charge is 0.329 e. The van der Waals surface area contributed by atoms with Crippen LogP contribution >= 0.6 is 0 Å². The first kappa shape index (κ1) is 58.5. The topological polar surface area (TPSA) is 215 Å². The molecule has 0 aromatic carbocycles. The molecule has 69 heavy (non-hydrogen) atoms. The zero-order valence-electron chi connectivity index (χ0n) is 43.3. The number of hydrogen-bond acceptors (Lipinski definition) is 13. The number of nitrogens with zero attached hydrogens (tertiary/aromatic N) is 1. The number of hydrogen-bond donors (Lipinski definition) is 4. The maximum Gasteiger partial charge on any atom is 0.329 e. The second kappa shape index (κ2) is 26.6. The summed E-state index contributed by atoms with van der Waals surface area (Å²) >= 11 is 0. The van der Waals surface area contributed by atoms with Crippen molar-refractivity contribution in [3.05, 3.63) is 47.6 Å². The zero-order chi connectivity index (χ0) is 51.4. The normalized spacial score (nSPS) is 39.1. The van der Waals surface area contributed by atoms with E-state index < -0.39 is 93.2 Å². The summed E-state index contributed by atoms with van der Waals surface area (Å²) < 4.78 is 53.2. The van der Waals surface area contributed by atoms with Gasteiger partial charge in [0.05, 0.1) is 23.6 Å². The minimum atomic E-state index is -3.79. The van der Waals surface area contributed by atoms with Gasteiger partial charge in [-0.15, -0.1) is 0 Å². The van der Waals surface area contributed by atoms with E-state index in [0.29, 0.717) is 75.4 Å². The number of ketones is 2. The molecule has 0 aromatic rings. The van der Waals surface area contributed by atoms with Crippen LogP contribution in [0.2, 0.25) is 0 Å². The summed E-state index contributed by atoms with van der Waals surface area (Å²) in [6, 6.07) is -1.87. The second-order valence-corrected chi connectivity index (χ2v) is 23.5. The summed E-state index contributed by atoms with van der Waals surface area (Å²) in [5.41, 5.74) is 1.23. The van der Waals surface area contributed by atoms with Gasteiger partial charge in [0.1, 0.15) is 24.4 Å². The Kier molecular flexibility index (Phi) is 22.5. The largest absolute Gasteiger partial charge is 0.461 e. The van der Waals surface area contributed by atoms with Gasteiger partial charge in [-0.1, -0.05) is 76.6 Å². The number of esters is 1. The van der Waals surface area contributed by atoms with Crippen molar-refractivity contribution < 1.29 is 61.9 Å². The van der Waals surface area contributed by atoms with Crippen molar-refractivity contribution >= 4 is 33.5 Å². The number of Topliss-reactive ketones (excluding diaryl/α,β-unsaturated/α-hetero) is 2. The molecule has 4 N–H and O–H groups in total. The molecule has 2 saturated heterocycles. The van der Waals surface area contributed by atoms with Crippen LogP contribution in [0.5, 0.6) is 0 Å². The molecule has 3 fully saturated rings. The Labute approximate surface area is 412 Å². The van der Waals surface area contributed by atoms with Crippen LogP contribution in [0.1, 0.15) is 146 Å². The lowest BCUT2D eigenvalue weighted by Crippen LogP contribution is -2.61. The highest BCUT2D eigenvalue weighted by Gasteiger charge is 2.53. The van der Waals surface area contributed by atoms with Gasteiger partial charge in [0.25, 0.3) is 11.7 Å². The number of amides is 1. The van der Waals surface area contributed by atoms with E-state index >= 15 is 0 Å². The van der Waals surface area contributed by atoms with Crippen LogP contribution < -0.4 is 4.72 Å². The Morgan fingerprint density at radius 2 is 1.55 bits per heavy atom. The quantitative estimate of drug-likeness (QED) is 0.114. The number of nitrogens with one attached hydrogen (secondary N) is 1. The highest BCUT2D eigenvalue weighted by Crippen LogP contribution is 2.38. The number of carbonyl (C=O) groups excluding carboxylic acids is 4. The van der Waals surface area contributed by atoms with Crippen LogP contribution in [0, 0.1) is 35.5 Å². The fraction of sp³-hybridized carbons (Fsp3) is 0.774. The fourth-order valence-corrected chi connectivity index (χ4v) is 11.5. The van der Waals surface area contributed by atoms with Crippen LogP contribution in [0.15, 0.2) is 47.6 Å². The number of sulfonamides is 1. The first-order valence-corrected chi connectivity index (χ1v) is 27.1. The average molecular weight is 991 g/mol. The van der Waals surface area contributed by atoms with Crippen molar-refractivity contribution in [2.75, 3.05) is 20.8 Å². The molecule has 0 unspecified atom stereocenters. The number of ether oxygens (including phenoxy) is 4. The molecule has 1 amide bonds. The molecule has 392 valence electrons. The van der Waals surface area contributed by atoms with Crippen molar-refractivity contribution in [2.45, 2.75) is 206 Å². The molecule has 4 aliphatic rings. The number of aliphatic hydroxyl groups is 3. The lowest BCUT2D eigenvalue weighted by Gasteiger charge is -2.43. The van der Waals surface area contributed by atoms with Gasteiger partial charge in [0.15, 0.2) is 5.78 Å². The van der Waals surface area contributed by atoms with Crippen molar-refractivity contribution in [1.29, 1.82) is 0 Å². The predicted octanol–water partition coefficient (Wildman–Crippen LogP) is 6.68. The zero-order valence-corrected chi connectivity index (χ0v) is 44.1. The van der Waals surface area contributed by atoms with Crippen LogP contribution in [-0.4, -0.2) is 133 Å². The van der Waals surface area contributed by atoms with E-state index in [1.165, 1.54) is 12.0 Å². The third-order valence-electron chi connectivity index (χ3n) is 15.2. The highest BCUT2D eigenvalue weighted by atomic mass is 32.2. The first-order chi connectivity index (χ1) is 32.4. The molecule has 0 radical (unpaired) electrons. The van der Waals surface area contributed by atoms with Crippen LogP contribution in [0.4, 0.5) is 0 Å². The molecule has 1 aliphatic carbocycles. The molecule has 16 heteroatoms. The molecule has 0 aromatic heterocycles. The molecule has 2 bridgehead atoms. The van der Waals surface area contributed by atoms with E-state index in [9.17, 15) is 42.9 Å². The molecule has 1 saturated carbocycles. The van der Waals surface area contributed by atoms with Crippen molar-refractivity contribution in [1.82, 2.24) is 9.62 Å². The van der Waals surface area contributed by atoms with Gasteiger partial charge in [-0.3, -0.25) is 14.4 Å². The molecular formula is C53H86N2O13S. The number of methoxy groups -OCH3 is 2. The highest BCUT2D eigenvalue weighted by molar-refractivity contribution is 7.90. The van der Waals surface area contributed by atoms with Crippen LogP contribution in [0.25, 0.3) is 0 Å². The van der Waals surface area contributed by atoms with Gasteiger partial charge in [-0.2, -0.15) is 0 Å². The molecular weight excluding hydrogens is 905 g/mol. The minimum absolute atomic E-state index is 0.0119. The molecule has 4 rings (SSSR count). The number of cyclic esters (lactones) is 1. The summed E-state index contributed by atoms with van der Waals surface area (Å²) in [5.74, 6) is -6.86. The third-order valence-corrected chi connectivity index (χ3v) is 17.1. The van der Waals surface area contributed by atoms with E-state index in [4.69, 9.17) is 18.9 Å². The van der Waals surface area contributed by atoms with E-state index in [1.807, 2.05) is 52.0 Å². The summed E-state index contributed by atoms with van der Waals surface area (Å²) in [4.78, 5) is 58.2. The number of carbonyl (C=O) groups is 4. The minimum Gasteiger partial charge on any atom is -0.461 e. The van der Waals surface area contributed by atoms with Gasteiger partial charge in [-0.25, -0.2) is 17.9 Å². The Balaban J connectivity index is 1.72. The van der Waals surface area contributed by atoms with Gasteiger partial charge in [0, 0.05) is 38.6 Å². The van der Waals surface area contributed by atoms with Gasteiger partial charge >= 0.3 is 5.97 Å². The van der Waals surface area contributed by atoms with E-state index in [2.05, 4.69) is 4.72 Å². The summed E-state index contributed by atoms with van der Waals surface area (Å²) in [6.07, 6.45) is 13.0. The first-order valence-electron chi connectivity index (χ1n) is 25.6. The van der Waals surface area contributed by atoms with Crippen molar-refractivity contribution in [3.63, 3.8) is 0 Å². The fourth-order valence-electron chi connectivity index (χ4n) is 10.5. The predicted molar refractivity (Wildman–Crippen MR) is 265 cm³/mol. The van der Waals surface area contributed by atoms with E-state index in [0.717, 1.165) is 6.42 Å². The standard InChI is InChI=1S/C53H86N2O13S/c1-32(2)69(63,64)54-42-31-41-23-21-39(9)53(62,68-41)50(59)51(60)55-26-16-15-19-43(55)52(61)67-45(36(6)29-40-22-24-44(56)46(30-40)65-10)25-20-34(4)28-38(8)48(58)49(66-11)47(57)37(7)27-33(3)17-13-12-14-18-35(42)5/h12-14,17-18,28,32-34,36-37,39-46,48-49,54,56,58,62H,15-16,19-27,29-31H2,1-11H3/b14-12+,17-13+,35-18+,38-28+/t33-,34+,36-,37-,39-,40+,41+,42+,43+,44-,45+,46-,48-,49+,53-/m1/s1. The monoisotopic (exact) mass is 991 g/mol. The number of allylic oxidation sites excluding steroid dienone is 6. The Morgan fingerprint density at radius 3 is 2.22 bits per heavy atom. The maximum absolute atomic E-state index is 14.5. The van der Waals surface area contributed by atoms with E-state index in [-0.39, 0.29) is 54.9 Å². The molecule has 15 atom stereocenters. The number of aliphatic hydroxyl groups excluding tert-OH is 2. The van der Waals surface area contributed by atoms with E-state index in [1.54, 1.807) is 53.9 Å². The van der Waals surface area contributed by atoms with Crippen molar-refractivity contribution in [2.24, 2.45) is 35.5 Å². The van der Waals surface area contributed by atoms with Crippen LogP contribution in [-0.2, 0) is 48.1 Å². The second-order valence-electron chi connectivity index (χ2n) is 21.2. The molecule has 15 nitrogen and oxygen atoms in total. The Hall–Kier alpha value is -3.09. The number of piperidine rings is 1. The number of fused-ring (bicyclic) bond motifs is 3. The Bertz CT molecular complexity index is 1970. The molecule has 3 aliphatic heterocycles. The lowest BCUT2D eigenvalue weighted by atomic mass is 9.78. The number of rotatable bonds is 8. The van der Waals surface area contributed by atoms with Gasteiger partial charge in [-0.05, 0) is 140 Å². The molecule has 3 heterocycles. The van der Waals surface area contributed by atoms with Gasteiger partial charge in [0.2, 0.25) is 15.8 Å². The average Bonchev–Trinajstić information content (AvgIpc) is 3.30. The van der Waals surface area contributed by atoms with Gasteiger partial charge < -0.3 is 39.2 Å². The Morgan fingerprint density at radius 1 is 0.841 bits per heavy atom. The summed E-state index contributed by atoms with van der Waals surface area (Å²) in [6.45, 7) is 16.3. The third kappa shape index (κ3) is 15.9. The maximum atomic E-state index is 14.5. The van der Waals surface area contributed by atoms with Crippen molar-refractivity contribution in [3.8, 4) is 0 Å². The summed E-state index contributed by atoms with van der Waals surface area (Å²) in [5, 5.41) is 33.4. The van der Waals surface area contributed by atoms with Crippen LogP contribution in [0.3, 0.4) is 0 Å². The molecule has 0 spiro atoms. The SMILES string of the molecule is CO[C@@H]1C[C@H](C[C@@H](C)[C@@H]2CC[C@H](C)/C=C(\C)[C@@H](O)[C@@H](OC)C(=O)[C@H](C)C[C@H](C)/C=C/C=C/C=C(\C)[C@@H](NS(=O)(=O)C(C)C)C[C@@H]3CC[C@@H](C)[C@@](O)(O3)C(=O)C(=O)N3CCCC[C@H]3C(=O)O2)CC[C@H]1O. The summed E-state index contributed by atoms with van der Waals surface area (Å²) in [7, 11) is -0.780.